The van der Waals surface area contributed by atoms with E-state index in [2.05, 4.69) is 27.5 Å². The number of nitrogens with two attached hydrogens (primary N) is 1. The second-order valence-electron chi connectivity index (χ2n) is 7.28. The van der Waals surface area contributed by atoms with Gasteiger partial charge in [-0.1, -0.05) is 0 Å². The molecule has 0 radical (unpaired) electrons. The minimum Gasteiger partial charge on any atom is -0.393 e. The van der Waals surface area contributed by atoms with Crippen LogP contribution >= 0.6 is 0 Å². The predicted molar refractivity (Wildman–Crippen MR) is 94.5 cm³/mol. The number of anilines is 2. The molecule has 0 bridgehead atoms. The molecule has 1 aliphatic heterocycles. The molecule has 0 aromatic carbocycles. The van der Waals surface area contributed by atoms with Crippen molar-refractivity contribution in [2.45, 2.75) is 63.1 Å². The normalized spacial score (nSPS) is 26.0. The highest BCUT2D eigenvalue weighted by Gasteiger charge is 2.29. The number of amides is 1. The van der Waals surface area contributed by atoms with Gasteiger partial charge in [-0.2, -0.15) is 4.98 Å². The van der Waals surface area contributed by atoms with Crippen LogP contribution in [0.5, 0.6) is 0 Å². The average molecular weight is 349 g/mol. The number of nitrogens with zero attached hydrogens (tertiary/aromatic N) is 2. The van der Waals surface area contributed by atoms with Crippen LogP contribution in [-0.2, 0) is 4.74 Å². The van der Waals surface area contributed by atoms with E-state index in [-0.39, 0.29) is 23.2 Å². The van der Waals surface area contributed by atoms with Crippen LogP contribution in [0.3, 0.4) is 0 Å². The van der Waals surface area contributed by atoms with Gasteiger partial charge in [0, 0.05) is 31.0 Å². The molecule has 2 aliphatic rings. The maximum absolute atomic E-state index is 11.7. The third-order valence-corrected chi connectivity index (χ3v) is 5.05. The Morgan fingerprint density at radius 2 is 2.16 bits per heavy atom. The van der Waals surface area contributed by atoms with E-state index in [4.69, 9.17) is 10.5 Å². The number of carbonyl (C=O) groups is 1. The summed E-state index contributed by atoms with van der Waals surface area (Å²) in [6.45, 7) is 3.52. The minimum atomic E-state index is -0.567. The molecule has 25 heavy (non-hydrogen) atoms. The number of hydrogen-bond donors (Lipinski definition) is 4. The first kappa shape index (κ1) is 17.9. The molecular weight excluding hydrogens is 322 g/mol. The van der Waals surface area contributed by atoms with Crippen LogP contribution in [0.1, 0.15) is 55.8 Å². The van der Waals surface area contributed by atoms with E-state index in [1.807, 2.05) is 0 Å². The molecule has 8 heteroatoms. The fraction of sp³-hybridized carbons (Fsp3) is 0.706. The summed E-state index contributed by atoms with van der Waals surface area (Å²) >= 11 is 0. The molecule has 2 fully saturated rings. The number of primary amides is 1. The zero-order valence-electron chi connectivity index (χ0n) is 14.6. The van der Waals surface area contributed by atoms with E-state index in [1.165, 1.54) is 6.20 Å². The van der Waals surface area contributed by atoms with Crippen molar-refractivity contribution in [2.24, 2.45) is 5.73 Å². The monoisotopic (exact) mass is 349 g/mol. The first-order valence-electron chi connectivity index (χ1n) is 8.92. The Morgan fingerprint density at radius 1 is 1.40 bits per heavy atom. The van der Waals surface area contributed by atoms with Gasteiger partial charge in [-0.25, -0.2) is 4.98 Å². The molecule has 5 N–H and O–H groups in total. The highest BCUT2D eigenvalue weighted by molar-refractivity contribution is 5.97. The van der Waals surface area contributed by atoms with Crippen LogP contribution in [0.25, 0.3) is 0 Å². The Labute approximate surface area is 147 Å². The zero-order valence-corrected chi connectivity index (χ0v) is 14.6. The number of nitrogens with one attached hydrogen (secondary N) is 2. The zero-order chi connectivity index (χ0) is 17.9. The van der Waals surface area contributed by atoms with Gasteiger partial charge in [0.15, 0.2) is 0 Å². The van der Waals surface area contributed by atoms with Crippen LogP contribution in [0, 0.1) is 0 Å². The Morgan fingerprint density at radius 3 is 2.84 bits per heavy atom. The number of rotatable bonds is 5. The lowest BCUT2D eigenvalue weighted by molar-refractivity contribution is 0.0656. The standard InChI is InChI=1S/C17H27N5O3/c1-17(5-7-25-8-6-17)22-16-19-10-13(14(18)24)15(21-16)20-11-3-2-4-12(23)9-11/h10-12,23H,2-9H2,1H3,(H2,18,24)(H2,19,20,21,22)/t11-,12?/m1/s1. The molecular formula is C17H27N5O3. The van der Waals surface area contributed by atoms with E-state index < -0.39 is 5.91 Å². The Balaban J connectivity index is 1.78. The molecule has 1 aliphatic carbocycles. The highest BCUT2D eigenvalue weighted by Crippen LogP contribution is 2.26. The molecule has 138 valence electrons. The number of aromatic nitrogens is 2. The largest absolute Gasteiger partial charge is 0.393 e. The van der Waals surface area contributed by atoms with E-state index in [0.717, 1.165) is 32.1 Å². The van der Waals surface area contributed by atoms with Crippen molar-refractivity contribution in [1.82, 2.24) is 9.97 Å². The molecule has 0 spiro atoms. The van der Waals surface area contributed by atoms with Crippen LogP contribution in [0.4, 0.5) is 11.8 Å². The Bertz CT molecular complexity index is 618. The number of hydrogen-bond acceptors (Lipinski definition) is 7. The highest BCUT2D eigenvalue weighted by atomic mass is 16.5. The van der Waals surface area contributed by atoms with Gasteiger partial charge in [-0.3, -0.25) is 4.79 Å². The lowest BCUT2D eigenvalue weighted by Crippen LogP contribution is -2.41. The summed E-state index contributed by atoms with van der Waals surface area (Å²) in [5.74, 6) is 0.329. The number of carbonyl (C=O) groups excluding carboxylic acids is 1. The summed E-state index contributed by atoms with van der Waals surface area (Å²) in [7, 11) is 0. The second kappa shape index (κ2) is 7.53. The molecule has 1 aromatic rings. The maximum Gasteiger partial charge on any atom is 0.254 e. The van der Waals surface area contributed by atoms with Gasteiger partial charge in [0.1, 0.15) is 5.82 Å². The van der Waals surface area contributed by atoms with Gasteiger partial charge in [0.2, 0.25) is 5.95 Å². The summed E-state index contributed by atoms with van der Waals surface area (Å²) in [5.41, 5.74) is 5.59. The van der Waals surface area contributed by atoms with Crippen LogP contribution < -0.4 is 16.4 Å². The van der Waals surface area contributed by atoms with E-state index in [1.54, 1.807) is 0 Å². The number of ether oxygens (including phenoxy) is 1. The summed E-state index contributed by atoms with van der Waals surface area (Å²) in [6.07, 6.45) is 6.20. The number of aliphatic hydroxyl groups excluding tert-OH is 1. The van der Waals surface area contributed by atoms with Gasteiger partial charge < -0.3 is 26.2 Å². The lowest BCUT2D eigenvalue weighted by atomic mass is 9.93. The van der Waals surface area contributed by atoms with Gasteiger partial charge in [0.25, 0.3) is 5.91 Å². The summed E-state index contributed by atoms with van der Waals surface area (Å²) < 4.78 is 5.41. The molecule has 1 saturated heterocycles. The second-order valence-corrected chi connectivity index (χ2v) is 7.28. The smallest absolute Gasteiger partial charge is 0.254 e. The Kier molecular flexibility index (Phi) is 5.39. The molecule has 1 unspecified atom stereocenters. The van der Waals surface area contributed by atoms with Crippen molar-refractivity contribution in [2.75, 3.05) is 23.8 Å². The van der Waals surface area contributed by atoms with Crippen molar-refractivity contribution < 1.29 is 14.6 Å². The lowest BCUT2D eigenvalue weighted by Gasteiger charge is -2.34. The first-order chi connectivity index (χ1) is 12.0. The number of aliphatic hydroxyl groups is 1. The van der Waals surface area contributed by atoms with Gasteiger partial charge >= 0.3 is 0 Å². The van der Waals surface area contributed by atoms with Crippen molar-refractivity contribution in [3.63, 3.8) is 0 Å². The fourth-order valence-electron chi connectivity index (χ4n) is 3.44. The fourth-order valence-corrected chi connectivity index (χ4v) is 3.44. The quantitative estimate of drug-likeness (QED) is 0.631. The molecule has 1 aromatic heterocycles. The third kappa shape index (κ3) is 4.58. The summed E-state index contributed by atoms with van der Waals surface area (Å²) in [4.78, 5) is 20.5. The molecule has 2 heterocycles. The van der Waals surface area contributed by atoms with Gasteiger partial charge in [-0.15, -0.1) is 0 Å². The van der Waals surface area contributed by atoms with Crippen LogP contribution in [-0.4, -0.2) is 51.9 Å². The molecule has 1 saturated carbocycles. The first-order valence-corrected chi connectivity index (χ1v) is 8.92. The van der Waals surface area contributed by atoms with E-state index >= 15 is 0 Å². The van der Waals surface area contributed by atoms with E-state index in [9.17, 15) is 9.90 Å². The van der Waals surface area contributed by atoms with Crippen LogP contribution in [0.15, 0.2) is 6.20 Å². The van der Waals surface area contributed by atoms with Crippen molar-refractivity contribution in [3.05, 3.63) is 11.8 Å². The van der Waals surface area contributed by atoms with Gasteiger partial charge in [-0.05, 0) is 45.4 Å². The maximum atomic E-state index is 11.7. The molecule has 1 amide bonds. The van der Waals surface area contributed by atoms with Gasteiger partial charge in [0.05, 0.1) is 11.7 Å². The third-order valence-electron chi connectivity index (χ3n) is 5.05. The van der Waals surface area contributed by atoms with Crippen molar-refractivity contribution in [3.8, 4) is 0 Å². The van der Waals surface area contributed by atoms with Crippen molar-refractivity contribution >= 4 is 17.7 Å². The molecule has 3 rings (SSSR count). The van der Waals surface area contributed by atoms with Crippen LogP contribution in [0.2, 0.25) is 0 Å². The summed E-state index contributed by atoms with van der Waals surface area (Å²) in [5, 5.41) is 16.5. The van der Waals surface area contributed by atoms with Crippen molar-refractivity contribution in [1.29, 1.82) is 0 Å². The predicted octanol–water partition coefficient (Wildman–Crippen LogP) is 1.27. The topological polar surface area (TPSA) is 122 Å². The molecule has 2 atom stereocenters. The minimum absolute atomic E-state index is 0.0725. The summed E-state index contributed by atoms with van der Waals surface area (Å²) in [6, 6.07) is 0.0725. The van der Waals surface area contributed by atoms with E-state index in [0.29, 0.717) is 31.4 Å². The molecule has 8 nitrogen and oxygen atoms in total. The average Bonchev–Trinajstić information content (AvgIpc) is 2.55. The Hall–Kier alpha value is -1.93. The SMILES string of the molecule is CC1(Nc2ncc(C(N)=O)c(N[C@@H]3CCCC(O)C3)n2)CCOCC1.